The third kappa shape index (κ3) is 2.22. The minimum Gasteiger partial charge on any atom is -0.324 e. The van der Waals surface area contributed by atoms with Crippen molar-refractivity contribution in [2.75, 3.05) is 5.32 Å². The Morgan fingerprint density at radius 2 is 1.94 bits per heavy atom. The minimum absolute atomic E-state index is 0.0955. The Balaban J connectivity index is 2.10. The molecule has 0 saturated heterocycles. The SMILES string of the molecule is CC1(C(=O)Nc2ccccc2Cl)CCCC1. The fraction of sp³-hybridized carbons (Fsp3) is 0.462. The van der Waals surface area contributed by atoms with Crippen molar-refractivity contribution < 1.29 is 4.79 Å². The van der Waals surface area contributed by atoms with Crippen molar-refractivity contribution in [2.45, 2.75) is 32.6 Å². The van der Waals surface area contributed by atoms with Crippen molar-refractivity contribution in [3.05, 3.63) is 29.3 Å². The number of benzene rings is 1. The van der Waals surface area contributed by atoms with Crippen LogP contribution >= 0.6 is 11.6 Å². The maximum absolute atomic E-state index is 12.1. The third-order valence-corrected chi connectivity index (χ3v) is 3.71. The van der Waals surface area contributed by atoms with Crippen molar-refractivity contribution in [2.24, 2.45) is 5.41 Å². The van der Waals surface area contributed by atoms with Crippen LogP contribution in [0.5, 0.6) is 0 Å². The van der Waals surface area contributed by atoms with Crippen LogP contribution in [0.15, 0.2) is 24.3 Å². The van der Waals surface area contributed by atoms with Gasteiger partial charge in [0.05, 0.1) is 10.7 Å². The molecule has 1 aliphatic rings. The highest BCUT2D eigenvalue weighted by Gasteiger charge is 2.36. The number of carbonyl (C=O) groups excluding carboxylic acids is 1. The van der Waals surface area contributed by atoms with Gasteiger partial charge in [0, 0.05) is 5.41 Å². The second kappa shape index (κ2) is 4.46. The van der Waals surface area contributed by atoms with Crippen LogP contribution in [0.4, 0.5) is 5.69 Å². The maximum atomic E-state index is 12.1. The fourth-order valence-electron chi connectivity index (χ4n) is 2.22. The Labute approximate surface area is 101 Å². The molecule has 0 aromatic heterocycles. The van der Waals surface area contributed by atoms with Crippen molar-refractivity contribution in [3.63, 3.8) is 0 Å². The molecule has 0 atom stereocenters. The van der Waals surface area contributed by atoms with E-state index in [0.29, 0.717) is 10.7 Å². The first-order valence-electron chi connectivity index (χ1n) is 5.68. The maximum Gasteiger partial charge on any atom is 0.230 e. The van der Waals surface area contributed by atoms with E-state index < -0.39 is 0 Å². The number of carbonyl (C=O) groups is 1. The summed E-state index contributed by atoms with van der Waals surface area (Å²) in [6.07, 6.45) is 4.24. The van der Waals surface area contributed by atoms with Crippen LogP contribution in [0.3, 0.4) is 0 Å². The molecule has 0 unspecified atom stereocenters. The molecule has 0 bridgehead atoms. The number of hydrogen-bond acceptors (Lipinski definition) is 1. The molecule has 1 N–H and O–H groups in total. The molecule has 1 saturated carbocycles. The number of amides is 1. The molecule has 3 heteroatoms. The van der Waals surface area contributed by atoms with Gasteiger partial charge in [-0.1, -0.05) is 43.5 Å². The van der Waals surface area contributed by atoms with E-state index >= 15 is 0 Å². The number of rotatable bonds is 2. The average molecular weight is 238 g/mol. The second-order valence-corrected chi connectivity index (χ2v) is 5.11. The molecule has 0 radical (unpaired) electrons. The quantitative estimate of drug-likeness (QED) is 0.832. The molecule has 0 aliphatic heterocycles. The lowest BCUT2D eigenvalue weighted by molar-refractivity contribution is -0.124. The molecule has 0 spiro atoms. The topological polar surface area (TPSA) is 29.1 Å². The lowest BCUT2D eigenvalue weighted by Gasteiger charge is -2.22. The first kappa shape index (κ1) is 11.5. The molecular formula is C13H16ClNO. The van der Waals surface area contributed by atoms with Crippen LogP contribution in [0, 0.1) is 5.41 Å². The van der Waals surface area contributed by atoms with Gasteiger partial charge in [-0.25, -0.2) is 0 Å². The van der Waals surface area contributed by atoms with Crippen LogP contribution < -0.4 is 5.32 Å². The van der Waals surface area contributed by atoms with Gasteiger partial charge < -0.3 is 5.32 Å². The molecule has 2 rings (SSSR count). The van der Waals surface area contributed by atoms with Gasteiger partial charge in [0.15, 0.2) is 0 Å². The summed E-state index contributed by atoms with van der Waals surface area (Å²) >= 11 is 6.01. The average Bonchev–Trinajstić information content (AvgIpc) is 2.70. The summed E-state index contributed by atoms with van der Waals surface area (Å²) in [5.74, 6) is 0.0955. The summed E-state index contributed by atoms with van der Waals surface area (Å²) in [4.78, 5) is 12.1. The highest BCUT2D eigenvalue weighted by atomic mass is 35.5. The Bertz CT molecular complexity index is 397. The summed E-state index contributed by atoms with van der Waals surface area (Å²) in [5.41, 5.74) is 0.501. The Morgan fingerprint density at radius 3 is 2.56 bits per heavy atom. The zero-order chi connectivity index (χ0) is 11.6. The van der Waals surface area contributed by atoms with Gasteiger partial charge in [-0.2, -0.15) is 0 Å². The molecule has 1 aliphatic carbocycles. The van der Waals surface area contributed by atoms with E-state index in [1.165, 1.54) is 0 Å². The van der Waals surface area contributed by atoms with Crippen LogP contribution in [0.2, 0.25) is 5.02 Å². The molecule has 1 fully saturated rings. The largest absolute Gasteiger partial charge is 0.324 e. The monoisotopic (exact) mass is 237 g/mol. The zero-order valence-electron chi connectivity index (χ0n) is 9.42. The van der Waals surface area contributed by atoms with Crippen molar-refractivity contribution in [3.8, 4) is 0 Å². The first-order valence-corrected chi connectivity index (χ1v) is 6.06. The number of halogens is 1. The fourth-order valence-corrected chi connectivity index (χ4v) is 2.40. The van der Waals surface area contributed by atoms with Crippen LogP contribution in [0.1, 0.15) is 32.6 Å². The van der Waals surface area contributed by atoms with Gasteiger partial charge in [0.25, 0.3) is 0 Å². The highest BCUT2D eigenvalue weighted by molar-refractivity contribution is 6.33. The molecule has 1 aromatic carbocycles. The molecule has 86 valence electrons. The van der Waals surface area contributed by atoms with Gasteiger partial charge in [-0.15, -0.1) is 0 Å². The molecule has 1 amide bonds. The third-order valence-electron chi connectivity index (χ3n) is 3.38. The van der Waals surface area contributed by atoms with E-state index in [9.17, 15) is 4.79 Å². The summed E-state index contributed by atoms with van der Waals surface area (Å²) in [5, 5.41) is 3.52. The summed E-state index contributed by atoms with van der Waals surface area (Å²) in [6.45, 7) is 2.03. The summed E-state index contributed by atoms with van der Waals surface area (Å²) in [6, 6.07) is 7.35. The molecule has 0 heterocycles. The van der Waals surface area contributed by atoms with E-state index in [1.807, 2.05) is 25.1 Å². The van der Waals surface area contributed by atoms with Gasteiger partial charge in [0.1, 0.15) is 0 Å². The van der Waals surface area contributed by atoms with Crippen LogP contribution in [-0.2, 0) is 4.79 Å². The molecule has 16 heavy (non-hydrogen) atoms. The zero-order valence-corrected chi connectivity index (χ0v) is 10.2. The highest BCUT2D eigenvalue weighted by Crippen LogP contribution is 2.38. The lowest BCUT2D eigenvalue weighted by atomic mass is 9.88. The van der Waals surface area contributed by atoms with Crippen LogP contribution in [0.25, 0.3) is 0 Å². The van der Waals surface area contributed by atoms with Gasteiger partial charge >= 0.3 is 0 Å². The number of nitrogens with one attached hydrogen (secondary N) is 1. The Kier molecular flexibility index (Phi) is 3.20. The standard InChI is InChI=1S/C13H16ClNO/c1-13(8-4-5-9-13)12(16)15-11-7-3-2-6-10(11)14/h2-3,6-7H,4-5,8-9H2,1H3,(H,15,16). The summed E-state index contributed by atoms with van der Waals surface area (Å²) in [7, 11) is 0. The molecule has 1 aromatic rings. The van der Waals surface area contributed by atoms with Crippen molar-refractivity contribution in [1.29, 1.82) is 0 Å². The van der Waals surface area contributed by atoms with Crippen molar-refractivity contribution >= 4 is 23.2 Å². The second-order valence-electron chi connectivity index (χ2n) is 4.70. The lowest BCUT2D eigenvalue weighted by Crippen LogP contribution is -2.30. The Hall–Kier alpha value is -1.02. The number of para-hydroxylation sites is 1. The molecular weight excluding hydrogens is 222 g/mol. The predicted molar refractivity (Wildman–Crippen MR) is 66.7 cm³/mol. The molecule has 2 nitrogen and oxygen atoms in total. The van der Waals surface area contributed by atoms with Gasteiger partial charge in [0.2, 0.25) is 5.91 Å². The van der Waals surface area contributed by atoms with E-state index in [4.69, 9.17) is 11.6 Å². The van der Waals surface area contributed by atoms with Crippen LogP contribution in [-0.4, -0.2) is 5.91 Å². The number of anilines is 1. The van der Waals surface area contributed by atoms with E-state index in [2.05, 4.69) is 5.32 Å². The predicted octanol–water partition coefficient (Wildman–Crippen LogP) is 3.86. The van der Waals surface area contributed by atoms with E-state index in [1.54, 1.807) is 6.07 Å². The van der Waals surface area contributed by atoms with E-state index in [0.717, 1.165) is 25.7 Å². The van der Waals surface area contributed by atoms with Crippen molar-refractivity contribution in [1.82, 2.24) is 0 Å². The van der Waals surface area contributed by atoms with Gasteiger partial charge in [-0.05, 0) is 25.0 Å². The summed E-state index contributed by atoms with van der Waals surface area (Å²) < 4.78 is 0. The number of hydrogen-bond donors (Lipinski definition) is 1. The van der Waals surface area contributed by atoms with E-state index in [-0.39, 0.29) is 11.3 Å². The van der Waals surface area contributed by atoms with Gasteiger partial charge in [-0.3, -0.25) is 4.79 Å². The Morgan fingerprint density at radius 1 is 1.31 bits per heavy atom. The normalized spacial score (nSPS) is 18.4. The smallest absolute Gasteiger partial charge is 0.230 e. The first-order chi connectivity index (χ1) is 7.62. The minimum atomic E-state index is -0.209.